The molecule has 2 aliphatic heterocycles. The molecule has 0 saturated carbocycles. The van der Waals surface area contributed by atoms with Crippen molar-refractivity contribution in [3.8, 4) is 0 Å². The Morgan fingerprint density at radius 2 is 1.75 bits per heavy atom. The molecule has 4 N–H and O–H groups in total. The predicted molar refractivity (Wildman–Crippen MR) is 130 cm³/mol. The summed E-state index contributed by atoms with van der Waals surface area (Å²) in [5, 5.41) is 26.7. The lowest BCUT2D eigenvalue weighted by atomic mass is 9.92. The van der Waals surface area contributed by atoms with E-state index in [4.69, 9.17) is 30.1 Å². The van der Waals surface area contributed by atoms with Gasteiger partial charge in [-0.15, -0.1) is 18.6 Å². The van der Waals surface area contributed by atoms with E-state index in [1.165, 1.54) is 0 Å². The van der Waals surface area contributed by atoms with Crippen LogP contribution in [0.15, 0.2) is 24.2 Å². The van der Waals surface area contributed by atoms with E-state index in [2.05, 4.69) is 13.5 Å². The van der Waals surface area contributed by atoms with Crippen molar-refractivity contribution in [1.82, 2.24) is 0 Å². The van der Waals surface area contributed by atoms with Gasteiger partial charge in [0.1, 0.15) is 0 Å². The summed E-state index contributed by atoms with van der Waals surface area (Å²) < 4.78 is 10.1. The van der Waals surface area contributed by atoms with Crippen molar-refractivity contribution < 1.29 is 9.47 Å². The van der Waals surface area contributed by atoms with Crippen molar-refractivity contribution >= 4 is 61.0 Å². The summed E-state index contributed by atoms with van der Waals surface area (Å²) in [5.41, 5.74) is 1.24. The van der Waals surface area contributed by atoms with Gasteiger partial charge in [0, 0.05) is 0 Å². The highest BCUT2D eigenvalue weighted by molar-refractivity contribution is 7.63. The lowest BCUT2D eigenvalue weighted by Crippen LogP contribution is -2.03. The van der Waals surface area contributed by atoms with E-state index in [0.717, 1.165) is 24.8 Å². The first-order valence-electron chi connectivity index (χ1n) is 8.61. The Kier molecular flexibility index (Phi) is 22.0. The Morgan fingerprint density at radius 1 is 1.18 bits per heavy atom. The first-order chi connectivity index (χ1) is 13.3. The third-order valence-electron chi connectivity index (χ3n) is 3.11. The molecule has 0 aromatic heterocycles. The number of rotatable bonds is 10. The summed E-state index contributed by atoms with van der Waals surface area (Å²) in [7, 11) is 2.38. The normalized spacial score (nSPS) is 24.0. The van der Waals surface area contributed by atoms with Gasteiger partial charge in [0.2, 0.25) is 28.0 Å². The third-order valence-corrected chi connectivity index (χ3v) is 4.61. The van der Waals surface area contributed by atoms with Crippen LogP contribution < -0.4 is 0 Å². The first kappa shape index (κ1) is 30.3. The maximum absolute atomic E-state index is 6.77. The molecule has 2 heterocycles. The van der Waals surface area contributed by atoms with E-state index in [9.17, 15) is 0 Å². The largest absolute Gasteiger partial charge is 0.379 e. The number of nitrogens with one attached hydrogen (secondary N) is 4. The minimum Gasteiger partial charge on any atom is -0.379 e. The number of allylic oxidation sites excluding steroid dienone is 2. The molecular weight excluding hydrogens is 423 g/mol. The van der Waals surface area contributed by atoms with Gasteiger partial charge in [-0.3, -0.25) is 20.6 Å². The zero-order valence-corrected chi connectivity index (χ0v) is 20.6. The van der Waals surface area contributed by atoms with Gasteiger partial charge in [-0.05, 0) is 40.3 Å². The maximum atomic E-state index is 6.77. The van der Waals surface area contributed by atoms with Gasteiger partial charge in [0.25, 0.3) is 0 Å². The molecule has 28 heavy (non-hydrogen) atoms. The van der Waals surface area contributed by atoms with Crippen LogP contribution in [-0.2, 0) is 9.47 Å². The zero-order chi connectivity index (χ0) is 21.8. The molecule has 4 radical (unpaired) electrons. The molecule has 0 aromatic rings. The van der Waals surface area contributed by atoms with Crippen LogP contribution in [0.1, 0.15) is 27.7 Å². The van der Waals surface area contributed by atoms with E-state index >= 15 is 0 Å². The summed E-state index contributed by atoms with van der Waals surface area (Å²) in [6, 6.07) is 0.291. The quantitative estimate of drug-likeness (QED) is 0.127. The average Bonchev–Trinajstić information content (AvgIpc) is 3.58. The highest BCUT2D eigenvalue weighted by Crippen LogP contribution is 2.30. The van der Waals surface area contributed by atoms with Gasteiger partial charge < -0.3 is 9.47 Å². The summed E-state index contributed by atoms with van der Waals surface area (Å²) in [6.45, 7) is 19.9. The molecule has 148 valence electrons. The second kappa shape index (κ2) is 20.3. The van der Waals surface area contributed by atoms with Crippen molar-refractivity contribution in [3.63, 3.8) is 0 Å². The van der Waals surface area contributed by atoms with Crippen LogP contribution in [0.25, 0.3) is 0 Å². The Bertz CT molecular complexity index is 514. The SMILES string of the molecule is C/C=C\[B]P=N.C=C(C)C[B]P=N.CC1(C[B]P=N)CO1.CC1OC1[B]P=N. The summed E-state index contributed by atoms with van der Waals surface area (Å²) in [5.74, 6) is 1.86. The molecule has 0 bridgehead atoms. The second-order valence-electron chi connectivity index (χ2n) is 6.12. The summed E-state index contributed by atoms with van der Waals surface area (Å²) in [4.78, 5) is 0. The van der Waals surface area contributed by atoms with Crippen LogP contribution in [0.2, 0.25) is 12.6 Å². The average molecular weight is 452 g/mol. The molecule has 0 aliphatic carbocycles. The molecule has 0 spiro atoms. The van der Waals surface area contributed by atoms with Gasteiger partial charge in [0.15, 0.2) is 0 Å². The van der Waals surface area contributed by atoms with E-state index in [0.29, 0.717) is 45.1 Å². The molecule has 14 heteroatoms. The van der Waals surface area contributed by atoms with Crippen LogP contribution in [0, 0.1) is 20.6 Å². The number of hydrogen-bond acceptors (Lipinski definition) is 6. The molecule has 2 fully saturated rings. The van der Waals surface area contributed by atoms with Crippen molar-refractivity contribution in [2.24, 2.45) is 0 Å². The summed E-state index contributed by atoms with van der Waals surface area (Å²) in [6.07, 6.45) is 4.10. The minimum absolute atomic E-state index is 0.119. The van der Waals surface area contributed by atoms with Crippen molar-refractivity contribution in [2.45, 2.75) is 58.0 Å². The highest BCUT2D eigenvalue weighted by Gasteiger charge is 2.38. The van der Waals surface area contributed by atoms with Crippen molar-refractivity contribution in [1.29, 1.82) is 20.6 Å². The van der Waals surface area contributed by atoms with Gasteiger partial charge >= 0.3 is 0 Å². The number of epoxide rings is 2. The second-order valence-corrected chi connectivity index (χ2v) is 8.47. The Hall–Kier alpha value is 0.0597. The van der Waals surface area contributed by atoms with E-state index in [-0.39, 0.29) is 5.60 Å². The fraction of sp³-hybridized carbons (Fsp3) is 0.714. The smallest absolute Gasteiger partial charge is 0.249 e. The molecule has 0 aromatic carbocycles. The molecule has 0 amide bonds. The first-order valence-corrected chi connectivity index (χ1v) is 12.5. The Morgan fingerprint density at radius 3 is 1.96 bits per heavy atom. The van der Waals surface area contributed by atoms with Gasteiger partial charge in [-0.1, -0.05) is 38.6 Å². The highest BCUT2D eigenvalue weighted by atomic mass is 31.1. The van der Waals surface area contributed by atoms with Gasteiger partial charge in [0.05, 0.1) is 24.3 Å². The van der Waals surface area contributed by atoms with Crippen LogP contribution >= 0.6 is 33.0 Å². The summed E-state index contributed by atoms with van der Waals surface area (Å²) >= 11 is 0. The Balaban J connectivity index is 0. The third kappa shape index (κ3) is 24.1. The lowest BCUT2D eigenvalue weighted by Gasteiger charge is -1.95. The van der Waals surface area contributed by atoms with Crippen molar-refractivity contribution in [3.05, 3.63) is 24.2 Å². The molecule has 3 atom stereocenters. The van der Waals surface area contributed by atoms with E-state index in [1.54, 1.807) is 7.00 Å². The predicted octanol–water partition coefficient (Wildman–Crippen LogP) is 6.74. The molecule has 2 saturated heterocycles. The van der Waals surface area contributed by atoms with Crippen LogP contribution in [0.5, 0.6) is 0 Å². The molecular formula is C14H28B4N4O2P4. The molecule has 6 nitrogen and oxygen atoms in total. The lowest BCUT2D eigenvalue weighted by molar-refractivity contribution is 0.344. The monoisotopic (exact) mass is 452 g/mol. The fourth-order valence-electron chi connectivity index (χ4n) is 1.24. The van der Waals surface area contributed by atoms with E-state index in [1.807, 2.05) is 53.8 Å². The van der Waals surface area contributed by atoms with E-state index < -0.39 is 0 Å². The zero-order valence-electron chi connectivity index (χ0n) is 17.1. The number of hydrogen-bond donors (Lipinski definition) is 4. The topological polar surface area (TPSA) is 120 Å². The molecule has 3 unspecified atom stereocenters. The fourth-order valence-corrected chi connectivity index (χ4v) is 2.84. The minimum atomic E-state index is 0.119. The van der Waals surface area contributed by atoms with Gasteiger partial charge in [-0.25, -0.2) is 0 Å². The molecule has 2 rings (SSSR count). The number of ether oxygens (including phenoxy) is 2. The Labute approximate surface area is 180 Å². The van der Waals surface area contributed by atoms with Gasteiger partial charge in [-0.2, -0.15) is 0 Å². The van der Waals surface area contributed by atoms with Crippen molar-refractivity contribution in [2.75, 3.05) is 6.61 Å². The van der Waals surface area contributed by atoms with Crippen LogP contribution in [0.4, 0.5) is 0 Å². The maximum Gasteiger partial charge on any atom is 0.249 e. The van der Waals surface area contributed by atoms with Crippen LogP contribution in [-0.4, -0.2) is 52.3 Å². The standard InChI is InChI=1S/C4H8BNOP.C4H8BNP.C3H6BNOP.C3H6BNP/c1-4(3-7-4)2-5-8-6;1-4(2)3-5-7-6;1-2-3(6-2)4-7-5;1-2-3-4-6-5/h6H,2-3H2,1H3;6H,1,3H2,2H3;2-3,5H,1H3;2-3,5H,1H3/b;;;3-2-. The molecule has 2 aliphatic rings. The van der Waals surface area contributed by atoms with Crippen LogP contribution in [0.3, 0.4) is 0 Å².